The minimum Gasteiger partial charge on any atom is -0.396 e. The summed E-state index contributed by atoms with van der Waals surface area (Å²) in [6, 6.07) is 10.3. The van der Waals surface area contributed by atoms with E-state index in [1.165, 1.54) is 11.3 Å². The highest BCUT2D eigenvalue weighted by molar-refractivity contribution is 7.99. The van der Waals surface area contributed by atoms with Crippen molar-refractivity contribution in [1.82, 2.24) is 5.32 Å². The molecule has 110 valence electrons. The summed E-state index contributed by atoms with van der Waals surface area (Å²) in [4.78, 5) is 13.2. The van der Waals surface area contributed by atoms with Crippen LogP contribution in [0, 0.1) is 5.92 Å². The second-order valence-electron chi connectivity index (χ2n) is 5.31. The molecular formula is C16H23NO2S. The van der Waals surface area contributed by atoms with Crippen molar-refractivity contribution in [3.8, 4) is 0 Å². The van der Waals surface area contributed by atoms with Crippen LogP contribution in [0.25, 0.3) is 0 Å². The Morgan fingerprint density at radius 2 is 2.00 bits per heavy atom. The van der Waals surface area contributed by atoms with Crippen molar-refractivity contribution in [2.24, 2.45) is 5.92 Å². The van der Waals surface area contributed by atoms with Crippen LogP contribution in [-0.2, 0) is 4.79 Å². The van der Waals surface area contributed by atoms with Gasteiger partial charge in [0.25, 0.3) is 0 Å². The van der Waals surface area contributed by atoms with Crippen LogP contribution in [0.15, 0.2) is 35.2 Å². The van der Waals surface area contributed by atoms with E-state index in [9.17, 15) is 9.90 Å². The summed E-state index contributed by atoms with van der Waals surface area (Å²) < 4.78 is 0. The van der Waals surface area contributed by atoms with Gasteiger partial charge in [0.1, 0.15) is 0 Å². The fourth-order valence-corrected chi connectivity index (χ4v) is 3.55. The van der Waals surface area contributed by atoms with E-state index in [4.69, 9.17) is 0 Å². The predicted octanol–water partition coefficient (Wildman–Crippen LogP) is 2.84. The SMILES string of the molecule is O=C(CCSc1ccccc1)NC1CCCCC1CO. The van der Waals surface area contributed by atoms with Crippen LogP contribution in [0.5, 0.6) is 0 Å². The third kappa shape index (κ3) is 4.84. The van der Waals surface area contributed by atoms with Crippen molar-refractivity contribution in [3.05, 3.63) is 30.3 Å². The molecule has 1 aromatic rings. The van der Waals surface area contributed by atoms with Gasteiger partial charge < -0.3 is 10.4 Å². The van der Waals surface area contributed by atoms with Crippen LogP contribution in [0.4, 0.5) is 0 Å². The van der Waals surface area contributed by atoms with Gasteiger partial charge in [0.2, 0.25) is 5.91 Å². The van der Waals surface area contributed by atoms with Crippen molar-refractivity contribution >= 4 is 17.7 Å². The molecule has 1 saturated carbocycles. The van der Waals surface area contributed by atoms with Gasteiger partial charge in [0, 0.05) is 35.6 Å². The van der Waals surface area contributed by atoms with Gasteiger partial charge in [-0.2, -0.15) is 0 Å². The Morgan fingerprint density at radius 1 is 1.25 bits per heavy atom. The number of aliphatic hydroxyl groups excluding tert-OH is 1. The molecule has 0 spiro atoms. The van der Waals surface area contributed by atoms with Crippen molar-refractivity contribution in [2.45, 2.75) is 43.0 Å². The Labute approximate surface area is 125 Å². The zero-order valence-corrected chi connectivity index (χ0v) is 12.6. The smallest absolute Gasteiger partial charge is 0.221 e. The summed E-state index contributed by atoms with van der Waals surface area (Å²) >= 11 is 1.71. The Kier molecular flexibility index (Phi) is 6.40. The van der Waals surface area contributed by atoms with Crippen LogP contribution < -0.4 is 5.32 Å². The summed E-state index contributed by atoms with van der Waals surface area (Å²) in [5.74, 6) is 1.15. The fourth-order valence-electron chi connectivity index (χ4n) is 2.67. The number of amides is 1. The average Bonchev–Trinajstić information content (AvgIpc) is 2.49. The average molecular weight is 293 g/mol. The molecule has 0 radical (unpaired) electrons. The van der Waals surface area contributed by atoms with Crippen LogP contribution in [0.1, 0.15) is 32.1 Å². The lowest BCUT2D eigenvalue weighted by molar-refractivity contribution is -0.122. The van der Waals surface area contributed by atoms with Gasteiger partial charge in [-0.1, -0.05) is 31.0 Å². The summed E-state index contributed by atoms with van der Waals surface area (Å²) in [6.45, 7) is 0.184. The molecule has 1 aliphatic carbocycles. The topological polar surface area (TPSA) is 49.3 Å². The summed E-state index contributed by atoms with van der Waals surface area (Å²) in [6.07, 6.45) is 4.89. The van der Waals surface area contributed by atoms with E-state index < -0.39 is 0 Å². The molecule has 0 aliphatic heterocycles. The maximum absolute atomic E-state index is 12.0. The van der Waals surface area contributed by atoms with E-state index in [1.54, 1.807) is 11.8 Å². The van der Waals surface area contributed by atoms with Gasteiger partial charge in [-0.15, -0.1) is 11.8 Å². The minimum absolute atomic E-state index is 0.110. The number of nitrogens with one attached hydrogen (secondary N) is 1. The van der Waals surface area contributed by atoms with Gasteiger partial charge in [0.05, 0.1) is 0 Å². The van der Waals surface area contributed by atoms with E-state index in [1.807, 2.05) is 18.2 Å². The second-order valence-corrected chi connectivity index (χ2v) is 6.48. The van der Waals surface area contributed by atoms with Gasteiger partial charge in [-0.3, -0.25) is 4.79 Å². The first kappa shape index (κ1) is 15.4. The first-order valence-corrected chi connectivity index (χ1v) is 8.36. The number of aliphatic hydroxyl groups is 1. The first-order chi connectivity index (χ1) is 9.79. The molecule has 1 aromatic carbocycles. The van der Waals surface area contributed by atoms with E-state index in [0.717, 1.165) is 25.0 Å². The Hall–Kier alpha value is -1.00. The molecule has 0 aromatic heterocycles. The van der Waals surface area contributed by atoms with Crippen molar-refractivity contribution in [1.29, 1.82) is 0 Å². The highest BCUT2D eigenvalue weighted by Gasteiger charge is 2.25. The van der Waals surface area contributed by atoms with Crippen molar-refractivity contribution in [2.75, 3.05) is 12.4 Å². The molecule has 2 atom stereocenters. The number of rotatable bonds is 6. The third-order valence-corrected chi connectivity index (χ3v) is 4.84. The number of hydrogen-bond acceptors (Lipinski definition) is 3. The van der Waals surface area contributed by atoms with E-state index in [-0.39, 0.29) is 24.5 Å². The molecule has 0 bridgehead atoms. The number of thioether (sulfide) groups is 1. The van der Waals surface area contributed by atoms with E-state index >= 15 is 0 Å². The molecule has 0 heterocycles. The normalized spacial score (nSPS) is 22.4. The molecule has 0 saturated heterocycles. The molecule has 1 fully saturated rings. The Morgan fingerprint density at radius 3 is 2.75 bits per heavy atom. The molecule has 1 aliphatic rings. The molecule has 20 heavy (non-hydrogen) atoms. The Bertz CT molecular complexity index is 410. The number of carbonyl (C=O) groups is 1. The molecule has 2 rings (SSSR count). The van der Waals surface area contributed by atoms with Gasteiger partial charge in [-0.05, 0) is 25.0 Å². The molecule has 1 amide bonds. The molecule has 4 heteroatoms. The Balaban J connectivity index is 1.69. The van der Waals surface area contributed by atoms with Crippen molar-refractivity contribution < 1.29 is 9.90 Å². The zero-order valence-electron chi connectivity index (χ0n) is 11.8. The number of benzene rings is 1. The van der Waals surface area contributed by atoms with Gasteiger partial charge in [0.15, 0.2) is 0 Å². The minimum atomic E-state index is 0.110. The van der Waals surface area contributed by atoms with Crippen molar-refractivity contribution in [3.63, 3.8) is 0 Å². The number of hydrogen-bond donors (Lipinski definition) is 2. The number of carbonyl (C=O) groups excluding carboxylic acids is 1. The molecule has 2 unspecified atom stereocenters. The van der Waals surface area contributed by atoms with Crippen LogP contribution in [0.3, 0.4) is 0 Å². The largest absolute Gasteiger partial charge is 0.396 e. The van der Waals surface area contributed by atoms with Crippen LogP contribution in [-0.4, -0.2) is 29.4 Å². The van der Waals surface area contributed by atoms with Gasteiger partial charge in [-0.25, -0.2) is 0 Å². The zero-order chi connectivity index (χ0) is 14.2. The predicted molar refractivity (Wildman–Crippen MR) is 82.8 cm³/mol. The maximum Gasteiger partial charge on any atom is 0.221 e. The summed E-state index contributed by atoms with van der Waals surface area (Å²) in [5.41, 5.74) is 0. The fraction of sp³-hybridized carbons (Fsp3) is 0.562. The third-order valence-electron chi connectivity index (χ3n) is 3.83. The quantitative estimate of drug-likeness (QED) is 0.793. The highest BCUT2D eigenvalue weighted by atomic mass is 32.2. The highest BCUT2D eigenvalue weighted by Crippen LogP contribution is 2.24. The van der Waals surface area contributed by atoms with Crippen LogP contribution in [0.2, 0.25) is 0 Å². The molecule has 2 N–H and O–H groups in total. The first-order valence-electron chi connectivity index (χ1n) is 7.37. The van der Waals surface area contributed by atoms with Gasteiger partial charge >= 0.3 is 0 Å². The monoisotopic (exact) mass is 293 g/mol. The van der Waals surface area contributed by atoms with E-state index in [0.29, 0.717) is 6.42 Å². The standard InChI is InChI=1S/C16H23NO2S/c18-12-13-6-4-5-9-15(13)17-16(19)10-11-20-14-7-2-1-3-8-14/h1-3,7-8,13,15,18H,4-6,9-12H2,(H,17,19). The van der Waals surface area contributed by atoms with E-state index in [2.05, 4.69) is 17.4 Å². The molecular weight excluding hydrogens is 270 g/mol. The van der Waals surface area contributed by atoms with Crippen LogP contribution >= 0.6 is 11.8 Å². The summed E-state index contributed by atoms with van der Waals surface area (Å²) in [5, 5.41) is 12.4. The maximum atomic E-state index is 12.0. The lowest BCUT2D eigenvalue weighted by Crippen LogP contribution is -2.43. The lowest BCUT2D eigenvalue weighted by atomic mass is 9.85. The lowest BCUT2D eigenvalue weighted by Gasteiger charge is -2.30. The second kappa shape index (κ2) is 8.32. The summed E-state index contributed by atoms with van der Waals surface area (Å²) in [7, 11) is 0. The molecule has 3 nitrogen and oxygen atoms in total.